The molecule has 0 radical (unpaired) electrons. The van der Waals surface area contributed by atoms with Gasteiger partial charge in [-0.2, -0.15) is 0 Å². The van der Waals surface area contributed by atoms with Crippen LogP contribution in [-0.2, 0) is 6.42 Å². The van der Waals surface area contributed by atoms with E-state index in [-0.39, 0.29) is 0 Å². The van der Waals surface area contributed by atoms with Crippen LogP contribution >= 0.6 is 0 Å². The number of pyridine rings is 1. The van der Waals surface area contributed by atoms with Gasteiger partial charge >= 0.3 is 0 Å². The highest BCUT2D eigenvalue weighted by Crippen LogP contribution is 2.21. The number of unbranched alkanes of at least 4 members (excludes halogenated alkanes) is 3. The largest absolute Gasteiger partial charge is 0.456 e. The topological polar surface area (TPSA) is 22.1 Å². The van der Waals surface area contributed by atoms with Crippen LogP contribution in [0.5, 0.6) is 11.5 Å². The molecule has 1 aromatic carbocycles. The fraction of sp³-hybridized carbons (Fsp3) is 0.353. The number of hydrogen-bond donors (Lipinski definition) is 0. The summed E-state index contributed by atoms with van der Waals surface area (Å²) in [6.07, 6.45) is 9.85. The van der Waals surface area contributed by atoms with E-state index in [2.05, 4.69) is 24.0 Å². The van der Waals surface area contributed by atoms with Crippen LogP contribution < -0.4 is 4.74 Å². The Morgan fingerprint density at radius 3 is 2.47 bits per heavy atom. The molecule has 100 valence electrons. The number of nitrogens with zero attached hydrogens (tertiary/aromatic N) is 1. The number of ether oxygens (including phenoxy) is 1. The molecule has 0 amide bonds. The van der Waals surface area contributed by atoms with Crippen LogP contribution in [0.4, 0.5) is 0 Å². The molecule has 2 aromatic rings. The number of aryl methyl sites for hydroxylation is 1. The molecule has 0 N–H and O–H groups in total. The normalized spacial score (nSPS) is 10.4. The lowest BCUT2D eigenvalue weighted by Gasteiger charge is -2.06. The first-order chi connectivity index (χ1) is 9.38. The Bertz CT molecular complexity index is 464. The van der Waals surface area contributed by atoms with Crippen molar-refractivity contribution in [3.8, 4) is 11.5 Å². The van der Waals surface area contributed by atoms with Crippen molar-refractivity contribution < 1.29 is 4.74 Å². The Kier molecular flexibility index (Phi) is 5.42. The summed E-state index contributed by atoms with van der Waals surface area (Å²) in [5, 5.41) is 0. The van der Waals surface area contributed by atoms with Crippen molar-refractivity contribution >= 4 is 0 Å². The Morgan fingerprint density at radius 1 is 0.947 bits per heavy atom. The van der Waals surface area contributed by atoms with Crippen molar-refractivity contribution in [1.29, 1.82) is 0 Å². The summed E-state index contributed by atoms with van der Waals surface area (Å²) < 4.78 is 5.71. The number of hydrogen-bond acceptors (Lipinski definition) is 2. The second kappa shape index (κ2) is 7.57. The third-order valence-electron chi connectivity index (χ3n) is 3.11. The molecular formula is C17H21NO. The molecule has 2 heteroatoms. The van der Waals surface area contributed by atoms with Gasteiger partial charge in [0.15, 0.2) is 0 Å². The average Bonchev–Trinajstić information content (AvgIpc) is 2.46. The van der Waals surface area contributed by atoms with E-state index in [4.69, 9.17) is 4.74 Å². The van der Waals surface area contributed by atoms with E-state index in [0.717, 1.165) is 17.9 Å². The zero-order valence-corrected chi connectivity index (χ0v) is 11.5. The molecule has 1 heterocycles. The first-order valence-electron chi connectivity index (χ1n) is 7.05. The maximum Gasteiger partial charge on any atom is 0.145 e. The maximum absolute atomic E-state index is 5.71. The molecule has 0 aliphatic rings. The number of aromatic nitrogens is 1. The molecule has 0 saturated heterocycles. The summed E-state index contributed by atoms with van der Waals surface area (Å²) in [7, 11) is 0. The van der Waals surface area contributed by atoms with Crippen molar-refractivity contribution in [2.45, 2.75) is 39.0 Å². The molecule has 2 rings (SSSR count). The molecule has 2 nitrogen and oxygen atoms in total. The summed E-state index contributed by atoms with van der Waals surface area (Å²) in [5.74, 6) is 1.64. The predicted octanol–water partition coefficient (Wildman–Crippen LogP) is 5.00. The minimum absolute atomic E-state index is 0.776. The van der Waals surface area contributed by atoms with Gasteiger partial charge in [-0.3, -0.25) is 4.98 Å². The lowest BCUT2D eigenvalue weighted by atomic mass is 10.1. The molecule has 0 unspecified atom stereocenters. The van der Waals surface area contributed by atoms with Gasteiger partial charge in [-0.15, -0.1) is 0 Å². The second-order valence-electron chi connectivity index (χ2n) is 4.75. The van der Waals surface area contributed by atoms with Gasteiger partial charge < -0.3 is 4.74 Å². The van der Waals surface area contributed by atoms with E-state index in [1.54, 1.807) is 12.4 Å². The average molecular weight is 255 g/mol. The molecule has 0 saturated carbocycles. The summed E-state index contributed by atoms with van der Waals surface area (Å²) in [5.41, 5.74) is 1.38. The smallest absolute Gasteiger partial charge is 0.145 e. The van der Waals surface area contributed by atoms with Crippen LogP contribution in [0.15, 0.2) is 48.8 Å². The van der Waals surface area contributed by atoms with Crippen LogP contribution in [0.2, 0.25) is 0 Å². The highest BCUT2D eigenvalue weighted by atomic mass is 16.5. The van der Waals surface area contributed by atoms with Gasteiger partial charge in [0.05, 0.1) is 6.20 Å². The Morgan fingerprint density at radius 2 is 1.79 bits per heavy atom. The van der Waals surface area contributed by atoms with E-state index in [1.165, 1.54) is 31.2 Å². The summed E-state index contributed by atoms with van der Waals surface area (Å²) >= 11 is 0. The zero-order chi connectivity index (χ0) is 13.3. The maximum atomic E-state index is 5.71. The second-order valence-corrected chi connectivity index (χ2v) is 4.75. The summed E-state index contributed by atoms with van der Waals surface area (Å²) in [6, 6.07) is 12.1. The third-order valence-corrected chi connectivity index (χ3v) is 3.11. The molecule has 19 heavy (non-hydrogen) atoms. The molecule has 0 atom stereocenters. The number of benzene rings is 1. The van der Waals surface area contributed by atoms with Crippen LogP contribution in [0.1, 0.15) is 38.2 Å². The van der Waals surface area contributed by atoms with Crippen LogP contribution in [-0.4, -0.2) is 4.98 Å². The first kappa shape index (κ1) is 13.6. The van der Waals surface area contributed by atoms with E-state index >= 15 is 0 Å². The monoisotopic (exact) mass is 255 g/mol. The van der Waals surface area contributed by atoms with Gasteiger partial charge in [-0.1, -0.05) is 38.3 Å². The molecular weight excluding hydrogens is 234 g/mol. The quantitative estimate of drug-likeness (QED) is 0.650. The molecule has 0 fully saturated rings. The van der Waals surface area contributed by atoms with E-state index in [0.29, 0.717) is 0 Å². The van der Waals surface area contributed by atoms with Crippen LogP contribution in [0.25, 0.3) is 0 Å². The van der Waals surface area contributed by atoms with E-state index < -0.39 is 0 Å². The van der Waals surface area contributed by atoms with Gasteiger partial charge in [0.25, 0.3) is 0 Å². The minimum atomic E-state index is 0.776. The Labute approximate surface area is 115 Å². The van der Waals surface area contributed by atoms with Crippen LogP contribution in [0, 0.1) is 0 Å². The molecule has 1 aromatic heterocycles. The molecule has 0 aliphatic carbocycles. The Balaban J connectivity index is 1.84. The minimum Gasteiger partial charge on any atom is -0.456 e. The van der Waals surface area contributed by atoms with Crippen molar-refractivity contribution in [2.24, 2.45) is 0 Å². The van der Waals surface area contributed by atoms with Gasteiger partial charge in [0.1, 0.15) is 11.5 Å². The standard InChI is InChI=1S/C17H21NO/c1-2-3-4-5-7-15-9-11-16(12-10-15)19-17-8-6-13-18-14-17/h6,8-14H,2-5,7H2,1H3. The fourth-order valence-corrected chi connectivity index (χ4v) is 2.02. The molecule has 0 spiro atoms. The van der Waals surface area contributed by atoms with Crippen molar-refractivity contribution in [3.63, 3.8) is 0 Å². The first-order valence-corrected chi connectivity index (χ1v) is 7.05. The van der Waals surface area contributed by atoms with Gasteiger partial charge in [0.2, 0.25) is 0 Å². The van der Waals surface area contributed by atoms with Gasteiger partial charge in [-0.05, 0) is 42.7 Å². The zero-order valence-electron chi connectivity index (χ0n) is 11.5. The van der Waals surface area contributed by atoms with Crippen LogP contribution in [0.3, 0.4) is 0 Å². The van der Waals surface area contributed by atoms with E-state index in [9.17, 15) is 0 Å². The highest BCUT2D eigenvalue weighted by molar-refractivity contribution is 5.31. The lowest BCUT2D eigenvalue weighted by Crippen LogP contribution is -1.88. The van der Waals surface area contributed by atoms with Gasteiger partial charge in [0, 0.05) is 6.20 Å². The Hall–Kier alpha value is -1.83. The van der Waals surface area contributed by atoms with Crippen molar-refractivity contribution in [2.75, 3.05) is 0 Å². The summed E-state index contributed by atoms with van der Waals surface area (Å²) in [4.78, 5) is 4.03. The summed E-state index contributed by atoms with van der Waals surface area (Å²) in [6.45, 7) is 2.24. The van der Waals surface area contributed by atoms with Crippen molar-refractivity contribution in [3.05, 3.63) is 54.4 Å². The third kappa shape index (κ3) is 4.74. The van der Waals surface area contributed by atoms with E-state index in [1.807, 2.05) is 24.3 Å². The van der Waals surface area contributed by atoms with Gasteiger partial charge in [-0.25, -0.2) is 0 Å². The van der Waals surface area contributed by atoms with Crippen molar-refractivity contribution in [1.82, 2.24) is 4.98 Å². The predicted molar refractivity (Wildman–Crippen MR) is 78.6 cm³/mol. The highest BCUT2D eigenvalue weighted by Gasteiger charge is 1.98. The lowest BCUT2D eigenvalue weighted by molar-refractivity contribution is 0.480. The number of rotatable bonds is 7. The molecule has 0 bridgehead atoms. The molecule has 0 aliphatic heterocycles. The SMILES string of the molecule is CCCCCCc1ccc(Oc2cccnc2)cc1. The fourth-order valence-electron chi connectivity index (χ4n) is 2.02.